The van der Waals surface area contributed by atoms with Crippen molar-refractivity contribution in [2.24, 2.45) is 0 Å². The van der Waals surface area contributed by atoms with Gasteiger partial charge in [-0.15, -0.1) is 0 Å². The fraction of sp³-hybridized carbons (Fsp3) is 0.857. The van der Waals surface area contributed by atoms with Crippen LogP contribution in [0.5, 0.6) is 0 Å². The zero-order chi connectivity index (χ0) is 11.4. The molecule has 0 aromatic heterocycles. The number of rotatable bonds is 3. The summed E-state index contributed by atoms with van der Waals surface area (Å²) in [6, 6.07) is 1.37. The fourth-order valence-electron chi connectivity index (χ4n) is 2.80. The normalized spacial score (nSPS) is 39.9. The second kappa shape index (κ2) is 5.33. The van der Waals surface area contributed by atoms with Crippen molar-refractivity contribution in [2.75, 3.05) is 6.61 Å². The second-order valence-corrected chi connectivity index (χ2v) is 5.49. The van der Waals surface area contributed by atoms with Gasteiger partial charge in [-0.2, -0.15) is 0 Å². The van der Waals surface area contributed by atoms with Gasteiger partial charge < -0.3 is 10.1 Å². The number of allylic oxidation sites excluding steroid dienone is 1. The van der Waals surface area contributed by atoms with Gasteiger partial charge in [0.15, 0.2) is 0 Å². The first-order valence-electron chi connectivity index (χ1n) is 6.77. The molecule has 1 saturated heterocycles. The molecule has 1 aliphatic carbocycles. The van der Waals surface area contributed by atoms with E-state index in [-0.39, 0.29) is 5.60 Å². The van der Waals surface area contributed by atoms with Crippen molar-refractivity contribution in [3.05, 3.63) is 12.2 Å². The molecule has 0 amide bonds. The van der Waals surface area contributed by atoms with Gasteiger partial charge in [0.2, 0.25) is 0 Å². The van der Waals surface area contributed by atoms with Gasteiger partial charge in [-0.1, -0.05) is 19.1 Å². The molecule has 0 radical (unpaired) electrons. The van der Waals surface area contributed by atoms with Crippen molar-refractivity contribution in [3.63, 3.8) is 0 Å². The van der Waals surface area contributed by atoms with E-state index in [1.807, 2.05) is 0 Å². The summed E-state index contributed by atoms with van der Waals surface area (Å²) < 4.78 is 5.88. The molecule has 1 fully saturated rings. The molecule has 0 spiro atoms. The molecule has 16 heavy (non-hydrogen) atoms. The Hall–Kier alpha value is -0.340. The van der Waals surface area contributed by atoms with Crippen molar-refractivity contribution in [1.82, 2.24) is 5.32 Å². The quantitative estimate of drug-likeness (QED) is 0.743. The van der Waals surface area contributed by atoms with E-state index in [1.54, 1.807) is 0 Å². The van der Waals surface area contributed by atoms with Crippen LogP contribution in [0.15, 0.2) is 12.2 Å². The van der Waals surface area contributed by atoms with Gasteiger partial charge >= 0.3 is 0 Å². The Bertz CT molecular complexity index is 251. The minimum Gasteiger partial charge on any atom is -0.375 e. The number of ether oxygens (including phenoxy) is 1. The van der Waals surface area contributed by atoms with Crippen molar-refractivity contribution < 1.29 is 4.74 Å². The predicted octanol–water partition coefficient (Wildman–Crippen LogP) is 3.03. The second-order valence-electron chi connectivity index (χ2n) is 5.49. The van der Waals surface area contributed by atoms with Crippen LogP contribution in [0.3, 0.4) is 0 Å². The van der Waals surface area contributed by atoms with Crippen LogP contribution in [0.1, 0.15) is 52.4 Å². The van der Waals surface area contributed by atoms with Gasteiger partial charge in [0.25, 0.3) is 0 Å². The number of hydrogen-bond donors (Lipinski definition) is 1. The first kappa shape index (κ1) is 12.1. The highest BCUT2D eigenvalue weighted by Crippen LogP contribution is 2.28. The summed E-state index contributed by atoms with van der Waals surface area (Å²) >= 11 is 0. The molecule has 3 unspecified atom stereocenters. The third-order valence-corrected chi connectivity index (χ3v) is 4.08. The van der Waals surface area contributed by atoms with Gasteiger partial charge in [-0.05, 0) is 45.4 Å². The average molecular weight is 223 g/mol. The maximum absolute atomic E-state index is 5.88. The Kier molecular flexibility index (Phi) is 4.04. The van der Waals surface area contributed by atoms with E-state index in [1.165, 1.54) is 32.1 Å². The van der Waals surface area contributed by atoms with Crippen LogP contribution >= 0.6 is 0 Å². The summed E-state index contributed by atoms with van der Waals surface area (Å²) in [5.74, 6) is 0. The standard InChI is InChI=1S/C14H25NO/c1-3-14(2)11-13(9-10-16-14)15-12-7-5-4-6-8-12/h4-5,12-13,15H,3,6-11H2,1-2H3. The molecule has 0 saturated carbocycles. The molecule has 92 valence electrons. The van der Waals surface area contributed by atoms with Crippen molar-refractivity contribution in [2.45, 2.75) is 70.1 Å². The number of nitrogens with one attached hydrogen (secondary N) is 1. The van der Waals surface area contributed by atoms with Crippen LogP contribution in [0.25, 0.3) is 0 Å². The van der Waals surface area contributed by atoms with Crippen molar-refractivity contribution in [1.29, 1.82) is 0 Å². The van der Waals surface area contributed by atoms with Gasteiger partial charge in [0.1, 0.15) is 0 Å². The van der Waals surface area contributed by atoms with Gasteiger partial charge in [-0.25, -0.2) is 0 Å². The zero-order valence-electron chi connectivity index (χ0n) is 10.7. The first-order valence-corrected chi connectivity index (χ1v) is 6.77. The molecule has 2 rings (SSSR count). The maximum Gasteiger partial charge on any atom is 0.0666 e. The van der Waals surface area contributed by atoms with Crippen LogP contribution < -0.4 is 5.32 Å². The Balaban J connectivity index is 1.83. The predicted molar refractivity (Wildman–Crippen MR) is 67.6 cm³/mol. The molecule has 1 heterocycles. The molecule has 0 aromatic carbocycles. The van der Waals surface area contributed by atoms with E-state index in [2.05, 4.69) is 31.3 Å². The topological polar surface area (TPSA) is 21.3 Å². The van der Waals surface area contributed by atoms with E-state index >= 15 is 0 Å². The highest BCUT2D eigenvalue weighted by molar-refractivity contribution is 4.95. The summed E-state index contributed by atoms with van der Waals surface area (Å²) in [6.07, 6.45) is 11.8. The van der Waals surface area contributed by atoms with Crippen molar-refractivity contribution in [3.8, 4) is 0 Å². The Morgan fingerprint density at radius 1 is 1.31 bits per heavy atom. The smallest absolute Gasteiger partial charge is 0.0666 e. The largest absolute Gasteiger partial charge is 0.375 e. The molecule has 0 aromatic rings. The molecule has 2 aliphatic rings. The van der Waals surface area contributed by atoms with E-state index in [4.69, 9.17) is 4.74 Å². The maximum atomic E-state index is 5.88. The highest BCUT2D eigenvalue weighted by atomic mass is 16.5. The molecule has 3 atom stereocenters. The highest BCUT2D eigenvalue weighted by Gasteiger charge is 2.32. The molecular weight excluding hydrogens is 198 g/mol. The summed E-state index contributed by atoms with van der Waals surface area (Å²) in [5.41, 5.74) is 0.112. The third-order valence-electron chi connectivity index (χ3n) is 4.08. The molecule has 0 bridgehead atoms. The molecule has 2 heteroatoms. The minimum absolute atomic E-state index is 0.112. The first-order chi connectivity index (χ1) is 7.72. The van der Waals surface area contributed by atoms with E-state index in [9.17, 15) is 0 Å². The summed E-state index contributed by atoms with van der Waals surface area (Å²) in [6.45, 7) is 5.40. The van der Waals surface area contributed by atoms with Crippen LogP contribution in [-0.4, -0.2) is 24.3 Å². The van der Waals surface area contributed by atoms with E-state index in [0.717, 1.165) is 13.0 Å². The lowest BCUT2D eigenvalue weighted by atomic mass is 9.88. The van der Waals surface area contributed by atoms with Gasteiger partial charge in [0, 0.05) is 18.7 Å². The summed E-state index contributed by atoms with van der Waals surface area (Å²) in [4.78, 5) is 0. The van der Waals surface area contributed by atoms with Gasteiger partial charge in [0.05, 0.1) is 5.60 Å². The Morgan fingerprint density at radius 2 is 2.19 bits per heavy atom. The lowest BCUT2D eigenvalue weighted by Crippen LogP contribution is -2.48. The summed E-state index contributed by atoms with van der Waals surface area (Å²) in [5, 5.41) is 3.82. The SMILES string of the molecule is CCC1(C)CC(NC2CC=CCC2)CCO1. The van der Waals surface area contributed by atoms with Crippen LogP contribution in [0, 0.1) is 0 Å². The molecule has 1 aliphatic heterocycles. The lowest BCUT2D eigenvalue weighted by molar-refractivity contribution is -0.0791. The molecule has 2 nitrogen and oxygen atoms in total. The molecule has 1 N–H and O–H groups in total. The van der Waals surface area contributed by atoms with Gasteiger partial charge in [-0.3, -0.25) is 0 Å². The Morgan fingerprint density at radius 3 is 2.88 bits per heavy atom. The Labute approximate surface area is 99.4 Å². The van der Waals surface area contributed by atoms with Crippen LogP contribution in [0.4, 0.5) is 0 Å². The minimum atomic E-state index is 0.112. The summed E-state index contributed by atoms with van der Waals surface area (Å²) in [7, 11) is 0. The van der Waals surface area contributed by atoms with Crippen molar-refractivity contribution >= 4 is 0 Å². The van der Waals surface area contributed by atoms with E-state index < -0.39 is 0 Å². The lowest BCUT2D eigenvalue weighted by Gasteiger charge is -2.39. The fourth-order valence-corrected chi connectivity index (χ4v) is 2.80. The molecular formula is C14H25NO. The zero-order valence-corrected chi connectivity index (χ0v) is 10.7. The van der Waals surface area contributed by atoms with Crippen LogP contribution in [-0.2, 0) is 4.74 Å². The third kappa shape index (κ3) is 3.08. The van der Waals surface area contributed by atoms with E-state index in [0.29, 0.717) is 12.1 Å². The average Bonchev–Trinajstić information content (AvgIpc) is 2.30. The number of hydrogen-bond acceptors (Lipinski definition) is 2. The monoisotopic (exact) mass is 223 g/mol. The van der Waals surface area contributed by atoms with Crippen LogP contribution in [0.2, 0.25) is 0 Å².